The van der Waals surface area contributed by atoms with E-state index in [-0.39, 0.29) is 28.6 Å². The third-order valence-corrected chi connectivity index (χ3v) is 6.25. The lowest BCUT2D eigenvalue weighted by Gasteiger charge is -2.35. The zero-order chi connectivity index (χ0) is 15.8. The molecule has 0 amide bonds. The highest BCUT2D eigenvalue weighted by atomic mass is 35.5. The summed E-state index contributed by atoms with van der Waals surface area (Å²) in [6.45, 7) is 4.43. The average Bonchev–Trinajstić information content (AvgIpc) is 2.41. The Kier molecular flexibility index (Phi) is 5.18. The number of hydrogen-bond acceptors (Lipinski definition) is 4. The molecule has 2 atom stereocenters. The van der Waals surface area contributed by atoms with Gasteiger partial charge in [0.25, 0.3) is 0 Å². The molecule has 0 aliphatic carbocycles. The quantitative estimate of drug-likeness (QED) is 0.905. The van der Waals surface area contributed by atoms with E-state index in [2.05, 4.69) is 0 Å². The van der Waals surface area contributed by atoms with Crippen LogP contribution in [0.15, 0.2) is 17.0 Å². The van der Waals surface area contributed by atoms with Gasteiger partial charge in [0.05, 0.1) is 17.7 Å². The number of nitrogens with zero attached hydrogens (tertiary/aromatic N) is 1. The van der Waals surface area contributed by atoms with Crippen molar-refractivity contribution >= 4 is 33.2 Å². The molecule has 21 heavy (non-hydrogen) atoms. The number of hydrogen-bond donors (Lipinski definition) is 1. The molecule has 1 aromatic carbocycles. The van der Waals surface area contributed by atoms with E-state index in [0.29, 0.717) is 23.7 Å². The van der Waals surface area contributed by atoms with Crippen molar-refractivity contribution in [3.8, 4) is 0 Å². The lowest BCUT2D eigenvalue weighted by molar-refractivity contribution is -0.0170. The summed E-state index contributed by atoms with van der Waals surface area (Å²) in [5, 5.41) is 0.466. The summed E-state index contributed by atoms with van der Waals surface area (Å²) in [4.78, 5) is 0.0370. The summed E-state index contributed by atoms with van der Waals surface area (Å²) < 4.78 is 32.6. The molecule has 1 saturated heterocycles. The Hall–Kier alpha value is -0.370. The van der Waals surface area contributed by atoms with Crippen molar-refractivity contribution in [3.05, 3.63) is 27.7 Å². The van der Waals surface area contributed by atoms with E-state index < -0.39 is 10.0 Å². The van der Waals surface area contributed by atoms with Gasteiger partial charge in [-0.3, -0.25) is 0 Å². The van der Waals surface area contributed by atoms with E-state index in [4.69, 9.17) is 33.7 Å². The number of sulfonamides is 1. The van der Waals surface area contributed by atoms with Gasteiger partial charge >= 0.3 is 0 Å². The third kappa shape index (κ3) is 3.36. The van der Waals surface area contributed by atoms with Gasteiger partial charge in [-0.05, 0) is 31.5 Å². The topological polar surface area (TPSA) is 72.6 Å². The average molecular weight is 353 g/mol. The SMILES string of the molecule is CC1CN(S(=O)(=O)c2cc(CN)c(Cl)cc2Cl)C(C)CO1. The molecular formula is C13H18Cl2N2O3S. The standard InChI is InChI=1S/C13H18Cl2N2O3S/c1-8-7-20-9(2)6-17(8)21(18,19)13-3-10(5-16)11(14)4-12(13)15/h3-4,8-9H,5-7,16H2,1-2H3. The van der Waals surface area contributed by atoms with Gasteiger partial charge in [0.2, 0.25) is 10.0 Å². The molecule has 0 bridgehead atoms. The van der Waals surface area contributed by atoms with Crippen LogP contribution in [0.3, 0.4) is 0 Å². The molecule has 1 aromatic rings. The van der Waals surface area contributed by atoms with Crippen LogP contribution in [0.5, 0.6) is 0 Å². The second-order valence-electron chi connectivity index (χ2n) is 5.15. The smallest absolute Gasteiger partial charge is 0.244 e. The predicted octanol–water partition coefficient (Wildman–Crippen LogP) is 2.25. The highest BCUT2D eigenvalue weighted by molar-refractivity contribution is 7.89. The zero-order valence-electron chi connectivity index (χ0n) is 11.8. The molecule has 2 rings (SSSR count). The summed E-state index contributed by atoms with van der Waals surface area (Å²) >= 11 is 12.1. The van der Waals surface area contributed by atoms with Crippen LogP contribution in [0, 0.1) is 0 Å². The number of rotatable bonds is 3. The van der Waals surface area contributed by atoms with Crippen molar-refractivity contribution < 1.29 is 13.2 Å². The number of morpholine rings is 1. The zero-order valence-corrected chi connectivity index (χ0v) is 14.2. The van der Waals surface area contributed by atoms with Gasteiger partial charge in [0.1, 0.15) is 4.90 Å². The van der Waals surface area contributed by atoms with Gasteiger partial charge in [0.15, 0.2) is 0 Å². The molecule has 2 N–H and O–H groups in total. The lowest BCUT2D eigenvalue weighted by atomic mass is 10.2. The Balaban J connectivity index is 2.48. The van der Waals surface area contributed by atoms with Crippen molar-refractivity contribution in [3.63, 3.8) is 0 Å². The first-order valence-electron chi connectivity index (χ1n) is 6.58. The van der Waals surface area contributed by atoms with Crippen LogP contribution in [0.4, 0.5) is 0 Å². The van der Waals surface area contributed by atoms with Crippen LogP contribution in [0.25, 0.3) is 0 Å². The maximum atomic E-state index is 12.8. The first kappa shape index (κ1) is 17.0. The van der Waals surface area contributed by atoms with Crippen molar-refractivity contribution in [2.24, 2.45) is 5.73 Å². The van der Waals surface area contributed by atoms with E-state index in [1.54, 1.807) is 6.92 Å². The molecule has 1 aliphatic heterocycles. The third-order valence-electron chi connectivity index (χ3n) is 3.46. The van der Waals surface area contributed by atoms with Gasteiger partial charge in [-0.15, -0.1) is 0 Å². The van der Waals surface area contributed by atoms with Crippen LogP contribution in [0.2, 0.25) is 10.0 Å². The summed E-state index contributed by atoms with van der Waals surface area (Å²) in [6, 6.07) is 2.62. The first-order chi connectivity index (χ1) is 9.77. The minimum absolute atomic E-state index is 0.0370. The van der Waals surface area contributed by atoms with Gasteiger partial charge in [0, 0.05) is 24.2 Å². The molecular weight excluding hydrogens is 335 g/mol. The largest absolute Gasteiger partial charge is 0.375 e. The van der Waals surface area contributed by atoms with E-state index in [9.17, 15) is 8.42 Å². The summed E-state index contributed by atoms with van der Waals surface area (Å²) in [7, 11) is -3.72. The maximum absolute atomic E-state index is 12.8. The molecule has 1 aliphatic rings. The molecule has 118 valence electrons. The minimum atomic E-state index is -3.72. The Labute approximate surface area is 135 Å². The van der Waals surface area contributed by atoms with Gasteiger partial charge < -0.3 is 10.5 Å². The maximum Gasteiger partial charge on any atom is 0.244 e. The number of benzene rings is 1. The van der Waals surface area contributed by atoms with E-state index in [1.165, 1.54) is 16.4 Å². The molecule has 0 saturated carbocycles. The van der Waals surface area contributed by atoms with Crippen LogP contribution >= 0.6 is 23.2 Å². The Morgan fingerprint density at radius 2 is 2.00 bits per heavy atom. The van der Waals surface area contributed by atoms with Gasteiger partial charge in [-0.2, -0.15) is 4.31 Å². The summed E-state index contributed by atoms with van der Waals surface area (Å²) in [6.07, 6.45) is -0.156. The van der Waals surface area contributed by atoms with E-state index >= 15 is 0 Å². The number of nitrogens with two attached hydrogens (primary N) is 1. The fourth-order valence-corrected chi connectivity index (χ4v) is 4.80. The number of halogens is 2. The van der Waals surface area contributed by atoms with Crippen molar-refractivity contribution in [2.45, 2.75) is 37.4 Å². The molecule has 1 heterocycles. The Bertz CT molecular complexity index is 637. The van der Waals surface area contributed by atoms with E-state index in [1.807, 2.05) is 6.92 Å². The van der Waals surface area contributed by atoms with Crippen LogP contribution in [0.1, 0.15) is 19.4 Å². The fourth-order valence-electron chi connectivity index (χ4n) is 2.26. The van der Waals surface area contributed by atoms with Crippen molar-refractivity contribution in [2.75, 3.05) is 13.2 Å². The van der Waals surface area contributed by atoms with Crippen molar-refractivity contribution in [1.82, 2.24) is 4.31 Å². The van der Waals surface area contributed by atoms with Gasteiger partial charge in [-0.1, -0.05) is 23.2 Å². The second kappa shape index (κ2) is 6.40. The monoisotopic (exact) mass is 352 g/mol. The highest BCUT2D eigenvalue weighted by Gasteiger charge is 2.35. The fraction of sp³-hybridized carbons (Fsp3) is 0.538. The molecule has 1 fully saturated rings. The Morgan fingerprint density at radius 3 is 2.62 bits per heavy atom. The molecule has 2 unspecified atom stereocenters. The second-order valence-corrected chi connectivity index (χ2v) is 7.82. The molecule has 5 nitrogen and oxygen atoms in total. The van der Waals surface area contributed by atoms with Crippen LogP contribution < -0.4 is 5.73 Å². The van der Waals surface area contributed by atoms with Crippen LogP contribution in [-0.4, -0.2) is 38.0 Å². The Morgan fingerprint density at radius 1 is 1.33 bits per heavy atom. The molecule has 0 spiro atoms. The van der Waals surface area contributed by atoms with Crippen molar-refractivity contribution in [1.29, 1.82) is 0 Å². The number of ether oxygens (including phenoxy) is 1. The predicted molar refractivity (Wildman–Crippen MR) is 83.1 cm³/mol. The normalized spacial score (nSPS) is 24.2. The van der Waals surface area contributed by atoms with E-state index in [0.717, 1.165) is 0 Å². The molecule has 0 aromatic heterocycles. The van der Waals surface area contributed by atoms with Crippen LogP contribution in [-0.2, 0) is 21.3 Å². The summed E-state index contributed by atoms with van der Waals surface area (Å²) in [5.74, 6) is 0. The highest BCUT2D eigenvalue weighted by Crippen LogP contribution is 2.32. The first-order valence-corrected chi connectivity index (χ1v) is 8.78. The molecule has 0 radical (unpaired) electrons. The minimum Gasteiger partial charge on any atom is -0.375 e. The van der Waals surface area contributed by atoms with Gasteiger partial charge in [-0.25, -0.2) is 8.42 Å². The molecule has 8 heteroatoms. The summed E-state index contributed by atoms with van der Waals surface area (Å²) in [5.41, 5.74) is 6.13. The lowest BCUT2D eigenvalue weighted by Crippen LogP contribution is -2.50.